The lowest BCUT2D eigenvalue weighted by Crippen LogP contribution is -2.29. The minimum atomic E-state index is -4.48. The molecule has 2 aromatic carbocycles. The van der Waals surface area contributed by atoms with Crippen molar-refractivity contribution in [3.8, 4) is 0 Å². The Hall–Kier alpha value is -2.83. The molecule has 0 aliphatic rings. The fourth-order valence-electron chi connectivity index (χ4n) is 1.95. The van der Waals surface area contributed by atoms with Crippen molar-refractivity contribution in [3.05, 3.63) is 65.7 Å². The molecule has 1 amide bonds. The molecular formula is C17H15F3N2O2. The SMILES string of the molecule is CN(C(=O)CO/N=C\c1ccccc1C(F)(F)F)c1ccccc1. The molecule has 126 valence electrons. The second-order valence-electron chi connectivity index (χ2n) is 4.88. The summed E-state index contributed by atoms with van der Waals surface area (Å²) in [4.78, 5) is 18.1. The van der Waals surface area contributed by atoms with Crippen molar-refractivity contribution in [2.45, 2.75) is 6.18 Å². The Kier molecular flexibility index (Phi) is 5.57. The van der Waals surface area contributed by atoms with Gasteiger partial charge >= 0.3 is 6.18 Å². The molecule has 0 spiro atoms. The molecule has 4 nitrogen and oxygen atoms in total. The number of benzene rings is 2. The summed E-state index contributed by atoms with van der Waals surface area (Å²) in [6.45, 7) is -0.379. The van der Waals surface area contributed by atoms with Crippen LogP contribution < -0.4 is 4.90 Å². The van der Waals surface area contributed by atoms with Crippen LogP contribution in [0.5, 0.6) is 0 Å². The summed E-state index contributed by atoms with van der Waals surface area (Å²) in [5, 5.41) is 3.46. The fraction of sp³-hybridized carbons (Fsp3) is 0.176. The van der Waals surface area contributed by atoms with Gasteiger partial charge in [0, 0.05) is 18.3 Å². The van der Waals surface area contributed by atoms with Crippen molar-refractivity contribution in [3.63, 3.8) is 0 Å². The molecule has 0 unspecified atom stereocenters. The summed E-state index contributed by atoms with van der Waals surface area (Å²) >= 11 is 0. The Morgan fingerprint density at radius 2 is 1.75 bits per heavy atom. The van der Waals surface area contributed by atoms with Crippen molar-refractivity contribution in [2.24, 2.45) is 5.16 Å². The summed E-state index contributed by atoms with van der Waals surface area (Å²) in [6.07, 6.45) is -3.54. The molecule has 0 N–H and O–H groups in total. The van der Waals surface area contributed by atoms with E-state index in [0.29, 0.717) is 5.69 Å². The highest BCUT2D eigenvalue weighted by molar-refractivity contribution is 5.93. The smallest absolute Gasteiger partial charge is 0.386 e. The van der Waals surface area contributed by atoms with Gasteiger partial charge in [-0.05, 0) is 18.2 Å². The molecule has 2 rings (SSSR count). The summed E-state index contributed by atoms with van der Waals surface area (Å²) < 4.78 is 38.4. The van der Waals surface area contributed by atoms with Crippen LogP contribution in [-0.4, -0.2) is 25.8 Å². The van der Waals surface area contributed by atoms with Crippen molar-refractivity contribution < 1.29 is 22.8 Å². The van der Waals surface area contributed by atoms with Crippen LogP contribution in [-0.2, 0) is 15.8 Å². The lowest BCUT2D eigenvalue weighted by Gasteiger charge is -2.16. The highest BCUT2D eigenvalue weighted by Crippen LogP contribution is 2.31. The van der Waals surface area contributed by atoms with E-state index in [9.17, 15) is 18.0 Å². The summed E-state index contributed by atoms with van der Waals surface area (Å²) in [6, 6.07) is 13.9. The summed E-state index contributed by atoms with van der Waals surface area (Å²) in [7, 11) is 1.57. The summed E-state index contributed by atoms with van der Waals surface area (Å²) in [5.41, 5.74) is -0.267. The Morgan fingerprint density at radius 3 is 2.42 bits per heavy atom. The number of carbonyl (C=O) groups excluding carboxylic acids is 1. The average Bonchev–Trinajstić information content (AvgIpc) is 2.58. The van der Waals surface area contributed by atoms with Crippen LogP contribution in [0.1, 0.15) is 11.1 Å². The van der Waals surface area contributed by atoms with E-state index in [0.717, 1.165) is 12.3 Å². The Bertz CT molecular complexity index is 715. The van der Waals surface area contributed by atoms with Gasteiger partial charge in [-0.2, -0.15) is 13.2 Å². The van der Waals surface area contributed by atoms with Crippen molar-refractivity contribution in [1.29, 1.82) is 0 Å². The van der Waals surface area contributed by atoms with E-state index in [1.807, 2.05) is 6.07 Å². The molecule has 0 aliphatic carbocycles. The molecule has 2 aromatic rings. The zero-order chi connectivity index (χ0) is 17.6. The van der Waals surface area contributed by atoms with Gasteiger partial charge in [0.05, 0.1) is 11.8 Å². The molecule has 24 heavy (non-hydrogen) atoms. The van der Waals surface area contributed by atoms with E-state index in [1.54, 1.807) is 31.3 Å². The van der Waals surface area contributed by atoms with Gasteiger partial charge in [0.15, 0.2) is 6.61 Å². The molecule has 0 radical (unpaired) electrons. The van der Waals surface area contributed by atoms with Gasteiger partial charge in [-0.15, -0.1) is 0 Å². The van der Waals surface area contributed by atoms with Crippen LogP contribution in [0.25, 0.3) is 0 Å². The molecule has 0 saturated carbocycles. The van der Waals surface area contributed by atoms with Gasteiger partial charge in [-0.25, -0.2) is 0 Å². The second-order valence-corrected chi connectivity index (χ2v) is 4.88. The summed E-state index contributed by atoms with van der Waals surface area (Å²) in [5.74, 6) is -0.373. The highest BCUT2D eigenvalue weighted by atomic mass is 19.4. The molecule has 0 fully saturated rings. The van der Waals surface area contributed by atoms with Crippen LogP contribution in [0.15, 0.2) is 59.8 Å². The minimum Gasteiger partial charge on any atom is -0.386 e. The maximum atomic E-state index is 12.8. The van der Waals surface area contributed by atoms with Crippen molar-refractivity contribution in [1.82, 2.24) is 0 Å². The van der Waals surface area contributed by atoms with E-state index in [1.165, 1.54) is 23.1 Å². The molecule has 0 aromatic heterocycles. The van der Waals surface area contributed by atoms with Gasteiger partial charge in [0.25, 0.3) is 5.91 Å². The largest absolute Gasteiger partial charge is 0.417 e. The Labute approximate surface area is 137 Å². The lowest BCUT2D eigenvalue weighted by molar-refractivity contribution is -0.137. The number of hydrogen-bond donors (Lipinski definition) is 0. The highest BCUT2D eigenvalue weighted by Gasteiger charge is 2.32. The standard InChI is InChI=1S/C17H15F3N2O2/c1-22(14-8-3-2-4-9-14)16(23)12-24-21-11-13-7-5-6-10-15(13)17(18,19)20/h2-11H,12H2,1H3/b21-11-. The molecule has 0 atom stereocenters. The first-order valence-electron chi connectivity index (χ1n) is 7.03. The number of carbonyl (C=O) groups is 1. The monoisotopic (exact) mass is 336 g/mol. The maximum absolute atomic E-state index is 12.8. The zero-order valence-electron chi connectivity index (χ0n) is 12.8. The molecule has 0 heterocycles. The van der Waals surface area contributed by atoms with Crippen molar-refractivity contribution >= 4 is 17.8 Å². The number of amides is 1. The number of rotatable bonds is 5. The van der Waals surface area contributed by atoms with E-state index in [-0.39, 0.29) is 18.1 Å². The number of para-hydroxylation sites is 1. The van der Waals surface area contributed by atoms with Gasteiger partial charge < -0.3 is 9.74 Å². The first-order valence-corrected chi connectivity index (χ1v) is 7.03. The Balaban J connectivity index is 1.95. The normalized spacial score (nSPS) is 11.5. The lowest BCUT2D eigenvalue weighted by atomic mass is 10.1. The van der Waals surface area contributed by atoms with E-state index < -0.39 is 11.7 Å². The van der Waals surface area contributed by atoms with E-state index >= 15 is 0 Å². The first-order chi connectivity index (χ1) is 11.4. The first kappa shape index (κ1) is 17.5. The average molecular weight is 336 g/mol. The van der Waals surface area contributed by atoms with Crippen LogP contribution in [0.3, 0.4) is 0 Å². The van der Waals surface area contributed by atoms with Gasteiger partial charge in [-0.3, -0.25) is 4.79 Å². The van der Waals surface area contributed by atoms with Gasteiger partial charge in [0.1, 0.15) is 0 Å². The maximum Gasteiger partial charge on any atom is 0.417 e. The van der Waals surface area contributed by atoms with Gasteiger partial charge in [0.2, 0.25) is 0 Å². The second kappa shape index (κ2) is 7.63. The van der Waals surface area contributed by atoms with Crippen LogP contribution >= 0.6 is 0 Å². The third-order valence-electron chi connectivity index (χ3n) is 3.24. The van der Waals surface area contributed by atoms with Crippen LogP contribution in [0, 0.1) is 0 Å². The Morgan fingerprint density at radius 1 is 1.12 bits per heavy atom. The number of likely N-dealkylation sites (N-methyl/N-ethyl adjacent to an activating group) is 1. The fourth-order valence-corrected chi connectivity index (χ4v) is 1.95. The number of anilines is 1. The third kappa shape index (κ3) is 4.58. The third-order valence-corrected chi connectivity index (χ3v) is 3.24. The van der Waals surface area contributed by atoms with Crippen molar-refractivity contribution in [2.75, 3.05) is 18.6 Å². The number of oxime groups is 1. The number of hydrogen-bond acceptors (Lipinski definition) is 3. The number of alkyl halides is 3. The predicted octanol–water partition coefficient (Wildman–Crippen LogP) is 3.72. The number of halogens is 3. The topological polar surface area (TPSA) is 41.9 Å². The molecule has 0 saturated heterocycles. The molecule has 7 heteroatoms. The zero-order valence-corrected chi connectivity index (χ0v) is 12.8. The molecular weight excluding hydrogens is 321 g/mol. The van der Waals surface area contributed by atoms with E-state index in [4.69, 9.17) is 4.84 Å². The van der Waals surface area contributed by atoms with Crippen LogP contribution in [0.4, 0.5) is 18.9 Å². The van der Waals surface area contributed by atoms with Gasteiger partial charge in [-0.1, -0.05) is 41.6 Å². The molecule has 0 bridgehead atoms. The number of nitrogens with zero attached hydrogens (tertiary/aromatic N) is 2. The quantitative estimate of drug-likeness (QED) is 0.617. The predicted molar refractivity (Wildman–Crippen MR) is 84.8 cm³/mol. The van der Waals surface area contributed by atoms with Crippen LogP contribution in [0.2, 0.25) is 0 Å². The van der Waals surface area contributed by atoms with E-state index in [2.05, 4.69) is 5.16 Å². The minimum absolute atomic E-state index is 0.131. The molecule has 0 aliphatic heterocycles.